The van der Waals surface area contributed by atoms with Crippen LogP contribution in [-0.4, -0.2) is 24.5 Å². The first kappa shape index (κ1) is 11.0. The van der Waals surface area contributed by atoms with Gasteiger partial charge >= 0.3 is 0 Å². The van der Waals surface area contributed by atoms with E-state index in [2.05, 4.69) is 27.2 Å². The van der Waals surface area contributed by atoms with E-state index in [1.54, 1.807) is 11.3 Å². The van der Waals surface area contributed by atoms with Gasteiger partial charge in [-0.05, 0) is 29.3 Å². The zero-order valence-electron chi connectivity index (χ0n) is 8.53. The van der Waals surface area contributed by atoms with Gasteiger partial charge in [-0.2, -0.15) is 11.3 Å². The molecule has 1 aromatic rings. The summed E-state index contributed by atoms with van der Waals surface area (Å²) in [5, 5.41) is 4.19. The number of hydrazine groups is 1. The van der Waals surface area contributed by atoms with Crippen molar-refractivity contribution in [2.24, 2.45) is 10.8 Å². The number of guanidine groups is 1. The van der Waals surface area contributed by atoms with Crippen LogP contribution in [0.15, 0.2) is 21.8 Å². The van der Waals surface area contributed by atoms with Crippen LogP contribution in [0.25, 0.3) is 0 Å². The Balaban J connectivity index is 2.56. The molecule has 0 atom stereocenters. The fourth-order valence-corrected chi connectivity index (χ4v) is 1.82. The van der Waals surface area contributed by atoms with Crippen molar-refractivity contribution in [3.05, 3.63) is 22.4 Å². The maximum Gasteiger partial charge on any atom is 0.208 e. The smallest absolute Gasteiger partial charge is 0.208 e. The van der Waals surface area contributed by atoms with E-state index >= 15 is 0 Å². The van der Waals surface area contributed by atoms with Gasteiger partial charge in [0.2, 0.25) is 5.96 Å². The third-order valence-electron chi connectivity index (χ3n) is 1.80. The molecule has 0 fully saturated rings. The Labute approximate surface area is 88.4 Å². The Morgan fingerprint density at radius 3 is 3.00 bits per heavy atom. The first-order chi connectivity index (χ1) is 6.77. The van der Waals surface area contributed by atoms with E-state index in [-0.39, 0.29) is 0 Å². The molecular weight excluding hydrogens is 196 g/mol. The Bertz CT molecular complexity index is 281. The van der Waals surface area contributed by atoms with Crippen LogP contribution in [0.2, 0.25) is 0 Å². The standard InChI is InChI=1S/C9H16N4S/c1-3-11-9(12-10)13(2)6-8-4-5-14-7-8/h4-5,7H,3,6,10H2,1-2H3,(H,11,12). The van der Waals surface area contributed by atoms with E-state index in [1.807, 2.05) is 18.9 Å². The maximum atomic E-state index is 5.37. The second-order valence-corrected chi connectivity index (χ2v) is 3.71. The summed E-state index contributed by atoms with van der Waals surface area (Å²) in [6.45, 7) is 3.54. The van der Waals surface area contributed by atoms with E-state index < -0.39 is 0 Å². The van der Waals surface area contributed by atoms with Crippen molar-refractivity contribution in [2.75, 3.05) is 13.6 Å². The van der Waals surface area contributed by atoms with Gasteiger partial charge in [-0.25, -0.2) is 5.84 Å². The fraction of sp³-hybridized carbons (Fsp3) is 0.444. The molecule has 14 heavy (non-hydrogen) atoms. The van der Waals surface area contributed by atoms with Crippen LogP contribution in [0.4, 0.5) is 0 Å². The molecule has 0 unspecified atom stereocenters. The molecule has 0 bridgehead atoms. The van der Waals surface area contributed by atoms with Crippen molar-refractivity contribution in [3.63, 3.8) is 0 Å². The first-order valence-corrected chi connectivity index (χ1v) is 5.45. The molecule has 78 valence electrons. The number of nitrogens with two attached hydrogens (primary N) is 1. The Morgan fingerprint density at radius 2 is 2.50 bits per heavy atom. The van der Waals surface area contributed by atoms with Gasteiger partial charge in [0.1, 0.15) is 0 Å². The maximum absolute atomic E-state index is 5.37. The Morgan fingerprint density at radius 1 is 1.71 bits per heavy atom. The Kier molecular flexibility index (Phi) is 4.42. The van der Waals surface area contributed by atoms with Crippen LogP contribution in [0.3, 0.4) is 0 Å². The molecule has 0 aliphatic heterocycles. The normalized spacial score (nSPS) is 11.5. The van der Waals surface area contributed by atoms with Crippen LogP contribution in [0.5, 0.6) is 0 Å². The van der Waals surface area contributed by atoms with E-state index in [9.17, 15) is 0 Å². The van der Waals surface area contributed by atoms with Crippen LogP contribution >= 0.6 is 11.3 Å². The largest absolute Gasteiger partial charge is 0.341 e. The number of rotatable bonds is 3. The second kappa shape index (κ2) is 5.62. The summed E-state index contributed by atoms with van der Waals surface area (Å²) in [4.78, 5) is 6.22. The van der Waals surface area contributed by atoms with E-state index in [0.29, 0.717) is 0 Å². The summed E-state index contributed by atoms with van der Waals surface area (Å²) < 4.78 is 0. The molecule has 0 saturated carbocycles. The van der Waals surface area contributed by atoms with Crippen molar-refractivity contribution in [3.8, 4) is 0 Å². The van der Waals surface area contributed by atoms with Gasteiger partial charge in [-0.3, -0.25) is 10.4 Å². The van der Waals surface area contributed by atoms with Crippen LogP contribution in [0.1, 0.15) is 12.5 Å². The summed E-state index contributed by atoms with van der Waals surface area (Å²) in [6.07, 6.45) is 0. The molecule has 0 amide bonds. The predicted octanol–water partition coefficient (Wildman–Crippen LogP) is 1.02. The molecule has 0 saturated heterocycles. The zero-order chi connectivity index (χ0) is 10.4. The summed E-state index contributed by atoms with van der Waals surface area (Å²) >= 11 is 1.70. The van der Waals surface area contributed by atoms with Crippen molar-refractivity contribution in [2.45, 2.75) is 13.5 Å². The number of thiophene rings is 1. The van der Waals surface area contributed by atoms with Gasteiger partial charge in [0.05, 0.1) is 0 Å². The second-order valence-electron chi connectivity index (χ2n) is 2.93. The lowest BCUT2D eigenvalue weighted by Crippen LogP contribution is -2.42. The highest BCUT2D eigenvalue weighted by atomic mass is 32.1. The van der Waals surface area contributed by atoms with Gasteiger partial charge in [0.15, 0.2) is 0 Å². The first-order valence-electron chi connectivity index (χ1n) is 4.51. The van der Waals surface area contributed by atoms with Crippen LogP contribution in [0, 0.1) is 0 Å². The number of nitrogens with zero attached hydrogens (tertiary/aromatic N) is 2. The zero-order valence-corrected chi connectivity index (χ0v) is 9.34. The summed E-state index contributed by atoms with van der Waals surface area (Å²) in [6, 6.07) is 2.10. The monoisotopic (exact) mass is 212 g/mol. The Hall–Kier alpha value is -1.07. The molecule has 4 nitrogen and oxygen atoms in total. The minimum atomic E-state index is 0.721. The lowest BCUT2D eigenvalue weighted by atomic mass is 10.3. The fourth-order valence-electron chi connectivity index (χ4n) is 1.16. The minimum absolute atomic E-state index is 0.721. The van der Waals surface area contributed by atoms with Crippen LogP contribution in [-0.2, 0) is 6.54 Å². The molecule has 0 aliphatic rings. The minimum Gasteiger partial charge on any atom is -0.341 e. The van der Waals surface area contributed by atoms with Gasteiger partial charge < -0.3 is 4.90 Å². The number of nitrogens with one attached hydrogen (secondary N) is 1. The molecule has 0 aromatic carbocycles. The van der Waals surface area contributed by atoms with Gasteiger partial charge in [0, 0.05) is 20.1 Å². The molecule has 0 aliphatic carbocycles. The lowest BCUT2D eigenvalue weighted by Gasteiger charge is -2.19. The van der Waals surface area contributed by atoms with E-state index in [4.69, 9.17) is 5.84 Å². The summed E-state index contributed by atoms with van der Waals surface area (Å²) in [5.74, 6) is 6.09. The molecule has 1 rings (SSSR count). The lowest BCUT2D eigenvalue weighted by molar-refractivity contribution is 0.478. The van der Waals surface area contributed by atoms with Crippen molar-refractivity contribution in [1.82, 2.24) is 10.3 Å². The third-order valence-corrected chi connectivity index (χ3v) is 2.53. The van der Waals surface area contributed by atoms with Gasteiger partial charge in [-0.1, -0.05) is 0 Å². The van der Waals surface area contributed by atoms with E-state index in [1.165, 1.54) is 5.56 Å². The van der Waals surface area contributed by atoms with Crippen molar-refractivity contribution >= 4 is 17.3 Å². The quantitative estimate of drug-likeness (QED) is 0.340. The molecule has 5 heteroatoms. The average molecular weight is 212 g/mol. The summed E-state index contributed by atoms with van der Waals surface area (Å²) in [5.41, 5.74) is 3.87. The van der Waals surface area contributed by atoms with Gasteiger partial charge in [0.25, 0.3) is 0 Å². The van der Waals surface area contributed by atoms with Crippen molar-refractivity contribution < 1.29 is 0 Å². The highest BCUT2D eigenvalue weighted by Crippen LogP contribution is 2.08. The molecule has 0 spiro atoms. The predicted molar refractivity (Wildman–Crippen MR) is 61.1 cm³/mol. The van der Waals surface area contributed by atoms with E-state index in [0.717, 1.165) is 19.0 Å². The SMILES string of the molecule is CCN=C(NN)N(C)Cc1ccsc1. The molecule has 3 N–H and O–H groups in total. The highest BCUT2D eigenvalue weighted by molar-refractivity contribution is 7.07. The molecule has 1 aromatic heterocycles. The highest BCUT2D eigenvalue weighted by Gasteiger charge is 2.04. The third kappa shape index (κ3) is 3.01. The molecule has 0 radical (unpaired) electrons. The van der Waals surface area contributed by atoms with Crippen molar-refractivity contribution in [1.29, 1.82) is 0 Å². The molecular formula is C9H16N4S. The average Bonchev–Trinajstić information content (AvgIpc) is 2.66. The number of hydrogen-bond acceptors (Lipinski definition) is 3. The number of aliphatic imine (C=N–C) groups is 1. The van der Waals surface area contributed by atoms with Gasteiger partial charge in [-0.15, -0.1) is 0 Å². The topological polar surface area (TPSA) is 53.6 Å². The summed E-state index contributed by atoms with van der Waals surface area (Å²) in [7, 11) is 1.96. The number of hydrogen-bond donors (Lipinski definition) is 2. The molecule has 1 heterocycles. The van der Waals surface area contributed by atoms with Crippen LogP contribution < -0.4 is 11.3 Å².